The fraction of sp³-hybridized carbons (Fsp3) is 0.611. The van der Waals surface area contributed by atoms with E-state index in [9.17, 15) is 4.79 Å². The molecule has 0 saturated heterocycles. The molecule has 1 aliphatic rings. The highest BCUT2D eigenvalue weighted by Crippen LogP contribution is 2.28. The first-order valence-corrected chi connectivity index (χ1v) is 8.20. The van der Waals surface area contributed by atoms with Crippen LogP contribution >= 0.6 is 0 Å². The van der Waals surface area contributed by atoms with E-state index in [0.717, 1.165) is 38.6 Å². The van der Waals surface area contributed by atoms with Crippen molar-refractivity contribution in [1.82, 2.24) is 5.32 Å². The molecule has 3 heteroatoms. The van der Waals surface area contributed by atoms with Crippen LogP contribution in [0, 0.1) is 0 Å². The predicted octanol–water partition coefficient (Wildman–Crippen LogP) is 3.35. The number of nitrogens with one attached hydrogen (secondary N) is 1. The maximum Gasteiger partial charge on any atom is 0.221 e. The molecule has 0 aliphatic heterocycles. The van der Waals surface area contributed by atoms with Crippen LogP contribution in [0.4, 0.5) is 0 Å². The lowest BCUT2D eigenvalue weighted by molar-refractivity contribution is -0.122. The van der Waals surface area contributed by atoms with Crippen LogP contribution in [-0.2, 0) is 4.79 Å². The lowest BCUT2D eigenvalue weighted by Crippen LogP contribution is -2.46. The Hall–Kier alpha value is -1.35. The van der Waals surface area contributed by atoms with Gasteiger partial charge in [-0.05, 0) is 30.7 Å². The zero-order valence-electron chi connectivity index (χ0n) is 13.1. The van der Waals surface area contributed by atoms with Gasteiger partial charge < -0.3 is 11.1 Å². The molecule has 3 N–H and O–H groups in total. The minimum atomic E-state index is -0.257. The highest BCUT2D eigenvalue weighted by molar-refractivity contribution is 5.77. The first-order chi connectivity index (χ1) is 10.1. The maximum absolute atomic E-state index is 12.0. The molecule has 1 saturated carbocycles. The first kappa shape index (κ1) is 16.0. The number of benzene rings is 1. The quantitative estimate of drug-likeness (QED) is 0.843. The molecule has 1 fully saturated rings. The molecule has 0 bridgehead atoms. The molecule has 0 heterocycles. The maximum atomic E-state index is 12.0. The Kier molecular flexibility index (Phi) is 5.80. The van der Waals surface area contributed by atoms with Crippen molar-refractivity contribution in [2.24, 2.45) is 5.73 Å². The zero-order valence-corrected chi connectivity index (χ0v) is 13.1. The van der Waals surface area contributed by atoms with Gasteiger partial charge in [0.1, 0.15) is 0 Å². The van der Waals surface area contributed by atoms with Crippen molar-refractivity contribution in [2.45, 2.75) is 63.3 Å². The van der Waals surface area contributed by atoms with Crippen LogP contribution < -0.4 is 11.1 Å². The van der Waals surface area contributed by atoms with E-state index in [1.807, 2.05) is 6.07 Å². The Bertz CT molecular complexity index is 438. The van der Waals surface area contributed by atoms with Gasteiger partial charge >= 0.3 is 0 Å². The Morgan fingerprint density at radius 1 is 1.24 bits per heavy atom. The molecule has 1 aromatic carbocycles. The van der Waals surface area contributed by atoms with Gasteiger partial charge in [-0.15, -0.1) is 0 Å². The van der Waals surface area contributed by atoms with Crippen LogP contribution in [-0.4, -0.2) is 18.0 Å². The Morgan fingerprint density at radius 2 is 1.90 bits per heavy atom. The SMILES string of the molecule is CC(CCNC(=O)CC1(N)CCCCC1)c1ccccc1. The lowest BCUT2D eigenvalue weighted by Gasteiger charge is -2.32. The summed E-state index contributed by atoms with van der Waals surface area (Å²) >= 11 is 0. The van der Waals surface area contributed by atoms with Gasteiger partial charge in [0, 0.05) is 18.5 Å². The number of carbonyl (C=O) groups excluding carboxylic acids is 1. The number of hydrogen-bond acceptors (Lipinski definition) is 2. The number of nitrogens with two attached hydrogens (primary N) is 1. The second-order valence-corrected chi connectivity index (χ2v) is 6.55. The molecule has 21 heavy (non-hydrogen) atoms. The topological polar surface area (TPSA) is 55.1 Å². The summed E-state index contributed by atoms with van der Waals surface area (Å²) in [6.45, 7) is 2.93. The molecule has 1 aromatic rings. The van der Waals surface area contributed by atoms with Gasteiger partial charge in [0.25, 0.3) is 0 Å². The summed E-state index contributed by atoms with van der Waals surface area (Å²) in [5.74, 6) is 0.577. The highest BCUT2D eigenvalue weighted by atomic mass is 16.1. The summed E-state index contributed by atoms with van der Waals surface area (Å²) in [5, 5.41) is 3.04. The summed E-state index contributed by atoms with van der Waals surface area (Å²) in [6.07, 6.45) is 7.00. The Labute approximate surface area is 128 Å². The molecule has 2 rings (SSSR count). The van der Waals surface area contributed by atoms with Crippen LogP contribution in [0.1, 0.15) is 63.4 Å². The molecule has 0 radical (unpaired) electrons. The third-order valence-corrected chi connectivity index (χ3v) is 4.63. The largest absolute Gasteiger partial charge is 0.356 e. The third-order valence-electron chi connectivity index (χ3n) is 4.63. The third kappa shape index (κ3) is 5.16. The van der Waals surface area contributed by atoms with E-state index < -0.39 is 0 Å². The van der Waals surface area contributed by atoms with E-state index >= 15 is 0 Å². The van der Waals surface area contributed by atoms with Gasteiger partial charge in [0.2, 0.25) is 5.91 Å². The minimum Gasteiger partial charge on any atom is -0.356 e. The van der Waals surface area contributed by atoms with Gasteiger partial charge in [0.15, 0.2) is 0 Å². The molecule has 1 atom stereocenters. The number of hydrogen-bond donors (Lipinski definition) is 2. The Balaban J connectivity index is 1.69. The smallest absolute Gasteiger partial charge is 0.221 e. The van der Waals surface area contributed by atoms with Crippen molar-refractivity contribution < 1.29 is 4.79 Å². The fourth-order valence-corrected chi connectivity index (χ4v) is 3.19. The predicted molar refractivity (Wildman–Crippen MR) is 87.1 cm³/mol. The van der Waals surface area contributed by atoms with Crippen LogP contribution in [0.25, 0.3) is 0 Å². The van der Waals surface area contributed by atoms with Crippen molar-refractivity contribution >= 4 is 5.91 Å². The van der Waals surface area contributed by atoms with E-state index in [4.69, 9.17) is 5.73 Å². The van der Waals surface area contributed by atoms with Gasteiger partial charge in [-0.25, -0.2) is 0 Å². The Morgan fingerprint density at radius 3 is 2.57 bits per heavy atom. The standard InChI is InChI=1S/C18H28N2O/c1-15(16-8-4-2-5-9-16)10-13-20-17(21)14-18(19)11-6-3-7-12-18/h2,4-5,8-9,15H,3,6-7,10-14,19H2,1H3,(H,20,21). The monoisotopic (exact) mass is 288 g/mol. The highest BCUT2D eigenvalue weighted by Gasteiger charge is 2.29. The number of carbonyl (C=O) groups is 1. The molecular weight excluding hydrogens is 260 g/mol. The van der Waals surface area contributed by atoms with Crippen molar-refractivity contribution in [1.29, 1.82) is 0 Å². The first-order valence-electron chi connectivity index (χ1n) is 8.20. The van der Waals surface area contributed by atoms with Crippen LogP contribution in [0.5, 0.6) is 0 Å². The normalized spacial score (nSPS) is 19.0. The van der Waals surface area contributed by atoms with E-state index in [0.29, 0.717) is 12.3 Å². The van der Waals surface area contributed by atoms with Crippen molar-refractivity contribution in [3.05, 3.63) is 35.9 Å². The van der Waals surface area contributed by atoms with Crippen LogP contribution in [0.15, 0.2) is 30.3 Å². The summed E-state index contributed by atoms with van der Waals surface area (Å²) in [4.78, 5) is 12.0. The average Bonchev–Trinajstić information content (AvgIpc) is 2.48. The van der Waals surface area contributed by atoms with E-state index in [-0.39, 0.29) is 11.4 Å². The lowest BCUT2D eigenvalue weighted by atomic mass is 9.80. The molecule has 0 spiro atoms. The molecule has 1 unspecified atom stereocenters. The summed E-state index contributed by atoms with van der Waals surface area (Å²) in [5.41, 5.74) is 7.39. The van der Waals surface area contributed by atoms with Gasteiger partial charge in [0.05, 0.1) is 0 Å². The van der Waals surface area contributed by atoms with E-state index in [2.05, 4.69) is 36.5 Å². The number of amides is 1. The minimum absolute atomic E-state index is 0.111. The van der Waals surface area contributed by atoms with Gasteiger partial charge in [-0.2, -0.15) is 0 Å². The number of rotatable bonds is 6. The molecular formula is C18H28N2O. The zero-order chi connectivity index (χ0) is 15.1. The van der Waals surface area contributed by atoms with E-state index in [1.165, 1.54) is 12.0 Å². The summed E-state index contributed by atoms with van der Waals surface area (Å²) < 4.78 is 0. The van der Waals surface area contributed by atoms with Crippen molar-refractivity contribution in [2.75, 3.05) is 6.54 Å². The van der Waals surface area contributed by atoms with E-state index in [1.54, 1.807) is 0 Å². The summed E-state index contributed by atoms with van der Waals surface area (Å²) in [6, 6.07) is 10.4. The molecule has 3 nitrogen and oxygen atoms in total. The molecule has 0 aromatic heterocycles. The van der Waals surface area contributed by atoms with Gasteiger partial charge in [-0.3, -0.25) is 4.79 Å². The fourth-order valence-electron chi connectivity index (χ4n) is 3.19. The molecule has 1 aliphatic carbocycles. The molecule has 116 valence electrons. The van der Waals surface area contributed by atoms with Crippen LogP contribution in [0.3, 0.4) is 0 Å². The average molecular weight is 288 g/mol. The second kappa shape index (κ2) is 7.60. The second-order valence-electron chi connectivity index (χ2n) is 6.55. The van der Waals surface area contributed by atoms with Crippen molar-refractivity contribution in [3.8, 4) is 0 Å². The van der Waals surface area contributed by atoms with Gasteiger partial charge in [-0.1, -0.05) is 56.5 Å². The van der Waals surface area contributed by atoms with Crippen LogP contribution in [0.2, 0.25) is 0 Å². The molecule has 1 amide bonds. The van der Waals surface area contributed by atoms with Crippen molar-refractivity contribution in [3.63, 3.8) is 0 Å². The summed E-state index contributed by atoms with van der Waals surface area (Å²) in [7, 11) is 0.